The Morgan fingerprint density at radius 3 is 2.76 bits per heavy atom. The molecule has 5 heteroatoms. The zero-order valence-electron chi connectivity index (χ0n) is 9.80. The lowest BCUT2D eigenvalue weighted by Gasteiger charge is -2.30. The van der Waals surface area contributed by atoms with Crippen LogP contribution in [-0.4, -0.2) is 29.2 Å². The van der Waals surface area contributed by atoms with E-state index in [1.54, 1.807) is 6.07 Å². The highest BCUT2D eigenvalue weighted by Crippen LogP contribution is 2.19. The second-order valence-corrected chi connectivity index (χ2v) is 4.49. The molecule has 1 heterocycles. The molecule has 2 rings (SSSR count). The molecule has 5 N–H and O–H groups in total. The fourth-order valence-corrected chi connectivity index (χ4v) is 2.17. The molecule has 0 amide bonds. The SMILES string of the molecule is Cl.Nc1ccc(CN2CCCC(O)C2)c(N)c1. The number of anilines is 2. The molecule has 1 saturated heterocycles. The molecule has 0 aliphatic carbocycles. The van der Waals surface area contributed by atoms with E-state index in [4.69, 9.17) is 11.5 Å². The smallest absolute Gasteiger partial charge is 0.0667 e. The van der Waals surface area contributed by atoms with Gasteiger partial charge in [0.25, 0.3) is 0 Å². The number of halogens is 1. The maximum Gasteiger partial charge on any atom is 0.0667 e. The number of rotatable bonds is 2. The summed E-state index contributed by atoms with van der Waals surface area (Å²) in [5, 5.41) is 9.58. The third-order valence-corrected chi connectivity index (χ3v) is 3.04. The molecule has 0 radical (unpaired) electrons. The van der Waals surface area contributed by atoms with E-state index in [-0.39, 0.29) is 18.5 Å². The van der Waals surface area contributed by atoms with Gasteiger partial charge in [0.05, 0.1) is 6.10 Å². The van der Waals surface area contributed by atoms with E-state index in [0.29, 0.717) is 5.69 Å². The van der Waals surface area contributed by atoms with Crippen molar-refractivity contribution in [2.24, 2.45) is 0 Å². The predicted octanol–water partition coefficient (Wildman–Crippen LogP) is 1.23. The number of nitrogens with zero attached hydrogens (tertiary/aromatic N) is 1. The number of nitrogen functional groups attached to an aromatic ring is 2. The lowest BCUT2D eigenvalue weighted by molar-refractivity contribution is 0.0669. The Bertz CT molecular complexity index is 373. The van der Waals surface area contributed by atoms with Gasteiger partial charge in [-0.1, -0.05) is 6.07 Å². The molecule has 1 aliphatic heterocycles. The van der Waals surface area contributed by atoms with Gasteiger partial charge in [-0.05, 0) is 37.1 Å². The number of likely N-dealkylation sites (tertiary alicyclic amines) is 1. The van der Waals surface area contributed by atoms with Crippen molar-refractivity contribution in [3.63, 3.8) is 0 Å². The van der Waals surface area contributed by atoms with E-state index < -0.39 is 0 Å². The molecular weight excluding hydrogens is 238 g/mol. The van der Waals surface area contributed by atoms with E-state index in [1.807, 2.05) is 12.1 Å². The first-order valence-corrected chi connectivity index (χ1v) is 5.69. The summed E-state index contributed by atoms with van der Waals surface area (Å²) in [4.78, 5) is 2.23. The first-order valence-electron chi connectivity index (χ1n) is 5.69. The second kappa shape index (κ2) is 6.10. The van der Waals surface area contributed by atoms with Crippen LogP contribution in [0, 0.1) is 0 Å². The zero-order valence-corrected chi connectivity index (χ0v) is 10.6. The Morgan fingerprint density at radius 2 is 2.12 bits per heavy atom. The van der Waals surface area contributed by atoms with Crippen LogP contribution in [0.15, 0.2) is 18.2 Å². The normalized spacial score (nSPS) is 20.9. The highest BCUT2D eigenvalue weighted by molar-refractivity contribution is 5.85. The van der Waals surface area contributed by atoms with Crippen molar-refractivity contribution in [3.8, 4) is 0 Å². The summed E-state index contributed by atoms with van der Waals surface area (Å²) in [6, 6.07) is 5.62. The lowest BCUT2D eigenvalue weighted by Crippen LogP contribution is -2.37. The van der Waals surface area contributed by atoms with Crippen molar-refractivity contribution in [2.45, 2.75) is 25.5 Å². The minimum absolute atomic E-state index is 0. The lowest BCUT2D eigenvalue weighted by atomic mass is 10.1. The minimum atomic E-state index is -0.191. The van der Waals surface area contributed by atoms with Gasteiger partial charge in [-0.15, -0.1) is 12.4 Å². The van der Waals surface area contributed by atoms with Crippen molar-refractivity contribution in [1.29, 1.82) is 0 Å². The second-order valence-electron chi connectivity index (χ2n) is 4.49. The first kappa shape index (κ1) is 14.1. The standard InChI is InChI=1S/C12H19N3O.ClH/c13-10-4-3-9(12(14)6-10)7-15-5-1-2-11(16)8-15;/h3-4,6,11,16H,1-2,5,7-8,13-14H2;1H. The molecule has 0 spiro atoms. The highest BCUT2D eigenvalue weighted by Gasteiger charge is 2.18. The van der Waals surface area contributed by atoms with Gasteiger partial charge >= 0.3 is 0 Å². The molecule has 96 valence electrons. The molecule has 17 heavy (non-hydrogen) atoms. The molecule has 1 aliphatic rings. The van der Waals surface area contributed by atoms with E-state index in [9.17, 15) is 5.11 Å². The largest absolute Gasteiger partial charge is 0.399 e. The maximum absolute atomic E-state index is 9.58. The molecule has 0 bridgehead atoms. The van der Waals surface area contributed by atoms with Gasteiger partial charge in [0.2, 0.25) is 0 Å². The van der Waals surface area contributed by atoms with Crippen molar-refractivity contribution >= 4 is 23.8 Å². The number of piperidine rings is 1. The average molecular weight is 258 g/mol. The van der Waals surface area contributed by atoms with E-state index >= 15 is 0 Å². The maximum atomic E-state index is 9.58. The number of hydrogen-bond acceptors (Lipinski definition) is 4. The molecule has 0 aromatic heterocycles. The quantitative estimate of drug-likeness (QED) is 0.697. The Kier molecular flexibility index (Phi) is 5.05. The number of β-amino-alcohol motifs (C(OH)–C–C–N with tert-alkyl or cyclic N) is 1. The summed E-state index contributed by atoms with van der Waals surface area (Å²) in [5.74, 6) is 0. The minimum Gasteiger partial charge on any atom is -0.399 e. The van der Waals surface area contributed by atoms with Crippen LogP contribution < -0.4 is 11.5 Å². The van der Waals surface area contributed by atoms with Crippen molar-refractivity contribution in [3.05, 3.63) is 23.8 Å². The number of hydrogen-bond donors (Lipinski definition) is 3. The summed E-state index contributed by atoms with van der Waals surface area (Å²) in [6.45, 7) is 2.56. The predicted molar refractivity (Wildman–Crippen MR) is 73.0 cm³/mol. The fourth-order valence-electron chi connectivity index (χ4n) is 2.17. The van der Waals surface area contributed by atoms with Crippen LogP contribution in [0.2, 0.25) is 0 Å². The zero-order chi connectivity index (χ0) is 11.5. The topological polar surface area (TPSA) is 75.5 Å². The fraction of sp³-hybridized carbons (Fsp3) is 0.500. The van der Waals surface area contributed by atoms with Crippen LogP contribution in [0.3, 0.4) is 0 Å². The van der Waals surface area contributed by atoms with Gasteiger partial charge in [0.15, 0.2) is 0 Å². The third kappa shape index (κ3) is 3.77. The number of aliphatic hydroxyl groups is 1. The summed E-state index contributed by atoms with van der Waals surface area (Å²) >= 11 is 0. The Labute approximate surface area is 108 Å². The van der Waals surface area contributed by atoms with Gasteiger partial charge in [-0.25, -0.2) is 0 Å². The number of nitrogens with two attached hydrogens (primary N) is 2. The van der Waals surface area contributed by atoms with Crippen molar-refractivity contribution in [1.82, 2.24) is 4.90 Å². The van der Waals surface area contributed by atoms with Crippen LogP contribution in [0.5, 0.6) is 0 Å². The van der Waals surface area contributed by atoms with Crippen molar-refractivity contribution in [2.75, 3.05) is 24.6 Å². The summed E-state index contributed by atoms with van der Waals surface area (Å²) in [5.41, 5.74) is 14.1. The monoisotopic (exact) mass is 257 g/mol. The molecule has 1 aromatic rings. The van der Waals surface area contributed by atoms with E-state index in [1.165, 1.54) is 0 Å². The van der Waals surface area contributed by atoms with Gasteiger partial charge in [-0.3, -0.25) is 4.90 Å². The van der Waals surface area contributed by atoms with Gasteiger partial charge < -0.3 is 16.6 Å². The third-order valence-electron chi connectivity index (χ3n) is 3.04. The Hall–Kier alpha value is -0.970. The molecule has 1 fully saturated rings. The molecule has 0 saturated carbocycles. The highest BCUT2D eigenvalue weighted by atomic mass is 35.5. The van der Waals surface area contributed by atoms with E-state index in [0.717, 1.165) is 43.7 Å². The van der Waals surface area contributed by atoms with Gasteiger partial charge in [-0.2, -0.15) is 0 Å². The Morgan fingerprint density at radius 1 is 1.35 bits per heavy atom. The summed E-state index contributed by atoms with van der Waals surface area (Å²) in [7, 11) is 0. The molecule has 4 nitrogen and oxygen atoms in total. The average Bonchev–Trinajstić information content (AvgIpc) is 2.22. The van der Waals surface area contributed by atoms with Crippen LogP contribution in [0.25, 0.3) is 0 Å². The first-order chi connectivity index (χ1) is 7.65. The molecule has 1 aromatic carbocycles. The molecule has 1 unspecified atom stereocenters. The molecular formula is C12H20ClN3O. The number of benzene rings is 1. The van der Waals surface area contributed by atoms with Gasteiger partial charge in [0, 0.05) is 24.5 Å². The summed E-state index contributed by atoms with van der Waals surface area (Å²) < 4.78 is 0. The van der Waals surface area contributed by atoms with E-state index in [2.05, 4.69) is 4.90 Å². The number of aliphatic hydroxyl groups excluding tert-OH is 1. The van der Waals surface area contributed by atoms with Crippen LogP contribution in [-0.2, 0) is 6.54 Å². The van der Waals surface area contributed by atoms with Gasteiger partial charge in [0.1, 0.15) is 0 Å². The van der Waals surface area contributed by atoms with Crippen LogP contribution >= 0.6 is 12.4 Å². The Balaban J connectivity index is 0.00000144. The molecule has 1 atom stereocenters. The van der Waals surface area contributed by atoms with Crippen LogP contribution in [0.4, 0.5) is 11.4 Å². The van der Waals surface area contributed by atoms with Crippen molar-refractivity contribution < 1.29 is 5.11 Å². The summed E-state index contributed by atoms with van der Waals surface area (Å²) in [6.07, 6.45) is 1.77. The van der Waals surface area contributed by atoms with Crippen LogP contribution in [0.1, 0.15) is 18.4 Å².